The minimum absolute atomic E-state index is 0.0465. The number of halogens is 1. The number of amides is 2. The molecule has 0 aromatic heterocycles. The van der Waals surface area contributed by atoms with Crippen molar-refractivity contribution in [2.75, 3.05) is 10.8 Å². The zero-order chi connectivity index (χ0) is 32.6. The van der Waals surface area contributed by atoms with Gasteiger partial charge in [-0.1, -0.05) is 103 Å². The number of nitrogens with zero attached hydrogens (tertiary/aromatic N) is 2. The lowest BCUT2D eigenvalue weighted by molar-refractivity contribution is -0.140. The molecule has 4 aromatic carbocycles. The molecule has 0 heterocycles. The molecule has 2 amide bonds. The number of aryl methyl sites for hydroxylation is 1. The lowest BCUT2D eigenvalue weighted by Crippen LogP contribution is -2.54. The van der Waals surface area contributed by atoms with Crippen LogP contribution in [-0.2, 0) is 32.6 Å². The third-order valence-electron chi connectivity index (χ3n) is 7.86. The Morgan fingerprint density at radius 2 is 1.42 bits per heavy atom. The number of anilines is 1. The van der Waals surface area contributed by atoms with Crippen LogP contribution in [0.2, 0.25) is 5.02 Å². The van der Waals surface area contributed by atoms with Crippen molar-refractivity contribution in [2.45, 2.75) is 64.1 Å². The summed E-state index contributed by atoms with van der Waals surface area (Å²) < 4.78 is 29.6. The van der Waals surface area contributed by atoms with Crippen LogP contribution in [0, 0.1) is 13.8 Å². The van der Waals surface area contributed by atoms with E-state index in [-0.39, 0.29) is 29.8 Å². The highest BCUT2D eigenvalue weighted by Gasteiger charge is 2.35. The first-order chi connectivity index (χ1) is 21.5. The van der Waals surface area contributed by atoms with Gasteiger partial charge in [0.15, 0.2) is 0 Å². The normalized spacial score (nSPS) is 12.6. The first-order valence-electron chi connectivity index (χ1n) is 15.0. The number of rotatable bonds is 13. The Bertz CT molecular complexity index is 1700. The molecule has 1 N–H and O–H groups in total. The lowest BCUT2D eigenvalue weighted by atomic mass is 10.0. The average molecular weight is 646 g/mol. The second kappa shape index (κ2) is 15.2. The van der Waals surface area contributed by atoms with Gasteiger partial charge >= 0.3 is 0 Å². The Morgan fingerprint density at radius 1 is 0.822 bits per heavy atom. The fourth-order valence-corrected chi connectivity index (χ4v) is 6.63. The predicted molar refractivity (Wildman–Crippen MR) is 181 cm³/mol. The summed E-state index contributed by atoms with van der Waals surface area (Å²) in [5.74, 6) is -0.821. The zero-order valence-corrected chi connectivity index (χ0v) is 27.7. The van der Waals surface area contributed by atoms with Gasteiger partial charge in [-0.3, -0.25) is 13.9 Å². The van der Waals surface area contributed by atoms with Gasteiger partial charge in [-0.2, -0.15) is 0 Å². The molecule has 0 aliphatic carbocycles. The first-order valence-corrected chi connectivity index (χ1v) is 16.8. The second-order valence-corrected chi connectivity index (χ2v) is 13.5. The molecule has 4 aromatic rings. The monoisotopic (exact) mass is 645 g/mol. The van der Waals surface area contributed by atoms with Crippen LogP contribution < -0.4 is 9.62 Å². The average Bonchev–Trinajstić information content (AvgIpc) is 3.04. The molecule has 236 valence electrons. The van der Waals surface area contributed by atoms with Crippen molar-refractivity contribution in [1.82, 2.24) is 10.2 Å². The van der Waals surface area contributed by atoms with Crippen LogP contribution in [0.1, 0.15) is 42.5 Å². The second-order valence-electron chi connectivity index (χ2n) is 11.2. The maximum atomic E-state index is 14.6. The van der Waals surface area contributed by atoms with Crippen molar-refractivity contribution in [3.05, 3.63) is 130 Å². The summed E-state index contributed by atoms with van der Waals surface area (Å²) in [5.41, 5.74) is 3.41. The minimum atomic E-state index is -4.21. The molecular weight excluding hydrogens is 606 g/mol. The maximum absolute atomic E-state index is 14.6. The maximum Gasteiger partial charge on any atom is 0.264 e. The molecule has 0 fully saturated rings. The van der Waals surface area contributed by atoms with Gasteiger partial charge in [0, 0.05) is 24.0 Å². The Labute approximate surface area is 271 Å². The van der Waals surface area contributed by atoms with Crippen LogP contribution >= 0.6 is 11.6 Å². The summed E-state index contributed by atoms with van der Waals surface area (Å²) in [7, 11) is -4.21. The van der Waals surface area contributed by atoms with E-state index in [1.54, 1.807) is 37.3 Å². The van der Waals surface area contributed by atoms with Gasteiger partial charge in [-0.25, -0.2) is 8.42 Å². The number of hydrogen-bond acceptors (Lipinski definition) is 4. The topological polar surface area (TPSA) is 86.8 Å². The van der Waals surface area contributed by atoms with Crippen molar-refractivity contribution in [3.63, 3.8) is 0 Å². The Hall–Kier alpha value is -4.14. The fourth-order valence-electron chi connectivity index (χ4n) is 4.99. The molecule has 0 aliphatic rings. The van der Waals surface area contributed by atoms with Crippen LogP contribution in [0.5, 0.6) is 0 Å². The van der Waals surface area contributed by atoms with E-state index < -0.39 is 28.5 Å². The van der Waals surface area contributed by atoms with Gasteiger partial charge in [-0.15, -0.1) is 0 Å². The summed E-state index contributed by atoms with van der Waals surface area (Å²) in [6.07, 6.45) is 0.968. The fraction of sp³-hybridized carbons (Fsp3) is 0.278. The quantitative estimate of drug-likeness (QED) is 0.175. The number of sulfonamides is 1. The van der Waals surface area contributed by atoms with Gasteiger partial charge in [0.1, 0.15) is 12.6 Å². The van der Waals surface area contributed by atoms with Crippen LogP contribution in [-0.4, -0.2) is 43.8 Å². The molecule has 0 saturated heterocycles. The summed E-state index contributed by atoms with van der Waals surface area (Å²) in [5, 5.41) is 3.43. The first kappa shape index (κ1) is 33.7. The third kappa shape index (κ3) is 8.53. The molecule has 0 saturated carbocycles. The molecule has 2 atom stereocenters. The molecule has 0 aliphatic heterocycles. The van der Waals surface area contributed by atoms with E-state index in [9.17, 15) is 18.0 Å². The summed E-state index contributed by atoms with van der Waals surface area (Å²) in [6, 6.07) is 29.3. The van der Waals surface area contributed by atoms with E-state index in [0.717, 1.165) is 21.0 Å². The highest BCUT2D eigenvalue weighted by Crippen LogP contribution is 2.31. The van der Waals surface area contributed by atoms with Crippen molar-refractivity contribution < 1.29 is 18.0 Å². The van der Waals surface area contributed by atoms with Crippen LogP contribution in [0.4, 0.5) is 5.69 Å². The van der Waals surface area contributed by atoms with Crippen LogP contribution in [0.15, 0.2) is 108 Å². The molecule has 0 unspecified atom stereocenters. The SMILES string of the molecule is CC[C@H](C)NC(=O)[C@@H](Cc1ccccc1)N(Cc1ccccc1)C(=O)CN(c1cccc(Cl)c1C)S(=O)(=O)c1ccc(C)cc1. The van der Waals surface area contributed by atoms with Crippen LogP contribution in [0.3, 0.4) is 0 Å². The molecule has 0 spiro atoms. The Balaban J connectivity index is 1.82. The standard InChI is InChI=1S/C36H40ClN3O4S/c1-5-27(3)38-36(42)34(23-29-13-8-6-9-14-29)39(24-30-15-10-7-11-16-30)35(41)25-40(33-18-12-17-32(37)28(33)4)45(43,44)31-21-19-26(2)20-22-31/h6-22,27,34H,5,23-25H2,1-4H3,(H,38,42)/t27-,34+/m0/s1. The highest BCUT2D eigenvalue weighted by atomic mass is 35.5. The van der Waals surface area contributed by atoms with Crippen molar-refractivity contribution >= 4 is 39.1 Å². The molecule has 7 nitrogen and oxygen atoms in total. The number of benzene rings is 4. The largest absolute Gasteiger partial charge is 0.352 e. The predicted octanol–water partition coefficient (Wildman–Crippen LogP) is 6.71. The van der Waals surface area contributed by atoms with Crippen molar-refractivity contribution in [1.29, 1.82) is 0 Å². The molecular formula is C36H40ClN3O4S. The van der Waals surface area contributed by atoms with Crippen molar-refractivity contribution in [2.24, 2.45) is 0 Å². The van der Waals surface area contributed by atoms with Gasteiger partial charge in [0.05, 0.1) is 10.6 Å². The molecule has 4 rings (SSSR count). The number of carbonyl (C=O) groups excluding carboxylic acids is 2. The molecule has 0 bridgehead atoms. The molecule has 0 radical (unpaired) electrons. The van der Waals surface area contributed by atoms with E-state index in [2.05, 4.69) is 5.32 Å². The minimum Gasteiger partial charge on any atom is -0.352 e. The lowest BCUT2D eigenvalue weighted by Gasteiger charge is -2.34. The Kier molecular flexibility index (Phi) is 11.4. The summed E-state index contributed by atoms with van der Waals surface area (Å²) in [4.78, 5) is 30.0. The molecule has 45 heavy (non-hydrogen) atoms. The van der Waals surface area contributed by atoms with E-state index in [0.29, 0.717) is 22.7 Å². The van der Waals surface area contributed by atoms with E-state index >= 15 is 0 Å². The van der Waals surface area contributed by atoms with Crippen molar-refractivity contribution in [3.8, 4) is 0 Å². The van der Waals surface area contributed by atoms with Gasteiger partial charge in [0.2, 0.25) is 11.8 Å². The van der Waals surface area contributed by atoms with E-state index in [4.69, 9.17) is 11.6 Å². The number of hydrogen-bond donors (Lipinski definition) is 1. The number of carbonyl (C=O) groups is 2. The highest BCUT2D eigenvalue weighted by molar-refractivity contribution is 7.92. The Morgan fingerprint density at radius 3 is 2.02 bits per heavy atom. The zero-order valence-electron chi connectivity index (χ0n) is 26.1. The van der Waals surface area contributed by atoms with Gasteiger partial charge < -0.3 is 10.2 Å². The third-order valence-corrected chi connectivity index (χ3v) is 10.0. The molecule has 9 heteroatoms. The summed E-state index contributed by atoms with van der Waals surface area (Å²) >= 11 is 6.46. The van der Waals surface area contributed by atoms with E-state index in [1.807, 2.05) is 81.4 Å². The van der Waals surface area contributed by atoms with Gasteiger partial charge in [-0.05, 0) is 68.1 Å². The van der Waals surface area contributed by atoms with E-state index in [1.165, 1.54) is 17.0 Å². The summed E-state index contributed by atoms with van der Waals surface area (Å²) in [6.45, 7) is 7.06. The number of nitrogens with one attached hydrogen (secondary N) is 1. The van der Waals surface area contributed by atoms with Gasteiger partial charge in [0.25, 0.3) is 10.0 Å². The smallest absolute Gasteiger partial charge is 0.264 e. The van der Waals surface area contributed by atoms with Crippen LogP contribution in [0.25, 0.3) is 0 Å².